The fourth-order valence-electron chi connectivity index (χ4n) is 1.92. The van der Waals surface area contributed by atoms with Crippen molar-refractivity contribution < 1.29 is 8.42 Å². The molecule has 0 bridgehead atoms. The van der Waals surface area contributed by atoms with E-state index in [0.29, 0.717) is 11.4 Å². The van der Waals surface area contributed by atoms with Gasteiger partial charge in [0, 0.05) is 16.4 Å². The fraction of sp³-hybridized carbons (Fsp3) is 0.0769. The number of nitrogen functional groups attached to an aromatic ring is 2. The average molecular weight is 312 g/mol. The molecule has 0 atom stereocenters. The summed E-state index contributed by atoms with van der Waals surface area (Å²) in [4.78, 5) is 0. The Morgan fingerprint density at radius 1 is 1.10 bits per heavy atom. The molecule has 0 unspecified atom stereocenters. The lowest BCUT2D eigenvalue weighted by molar-refractivity contribution is 0.614. The van der Waals surface area contributed by atoms with Gasteiger partial charge in [0.05, 0.1) is 11.4 Å². The molecule has 0 saturated carbocycles. The third kappa shape index (κ3) is 3.34. The molecule has 0 heterocycles. The molecule has 2 rings (SSSR count). The minimum Gasteiger partial charge on any atom is -0.399 e. The zero-order valence-electron chi connectivity index (χ0n) is 10.7. The Morgan fingerprint density at radius 2 is 1.70 bits per heavy atom. The van der Waals surface area contributed by atoms with Crippen molar-refractivity contribution in [3.05, 3.63) is 42.0 Å². The number of hydrogen-bond acceptors (Lipinski definition) is 4. The molecule has 106 valence electrons. The summed E-state index contributed by atoms with van der Waals surface area (Å²) in [5, 5.41) is 0. The minimum atomic E-state index is -3.90. The SMILES string of the molecule is Cc1cc(N)c(NS(=O)(=O)Cl)cc1-c1ccc(N)cc1. The van der Waals surface area contributed by atoms with Gasteiger partial charge in [0.15, 0.2) is 0 Å². The Balaban J connectivity index is 2.54. The Morgan fingerprint density at radius 3 is 2.25 bits per heavy atom. The van der Waals surface area contributed by atoms with E-state index in [4.69, 9.17) is 22.1 Å². The first-order valence-electron chi connectivity index (χ1n) is 5.75. The molecule has 5 N–H and O–H groups in total. The van der Waals surface area contributed by atoms with Crippen molar-refractivity contribution in [2.24, 2.45) is 0 Å². The molecule has 5 nitrogen and oxygen atoms in total. The summed E-state index contributed by atoms with van der Waals surface area (Å²) < 4.78 is 24.4. The molecule has 0 aliphatic heterocycles. The zero-order chi connectivity index (χ0) is 14.9. The van der Waals surface area contributed by atoms with Crippen LogP contribution in [0.25, 0.3) is 11.1 Å². The first-order valence-corrected chi connectivity index (χ1v) is 8.05. The third-order valence-electron chi connectivity index (χ3n) is 2.85. The molecule has 0 saturated heterocycles. The molecule has 0 fully saturated rings. The van der Waals surface area contributed by atoms with Crippen LogP contribution in [0.4, 0.5) is 17.1 Å². The van der Waals surface area contributed by atoms with Gasteiger partial charge in [-0.1, -0.05) is 12.1 Å². The predicted molar refractivity (Wildman–Crippen MR) is 83.8 cm³/mol. The molecule has 0 spiro atoms. The van der Waals surface area contributed by atoms with Crippen molar-refractivity contribution >= 4 is 37.0 Å². The average Bonchev–Trinajstić information content (AvgIpc) is 2.32. The highest BCUT2D eigenvalue weighted by Gasteiger charge is 2.11. The largest absolute Gasteiger partial charge is 0.399 e. The minimum absolute atomic E-state index is 0.248. The summed E-state index contributed by atoms with van der Waals surface area (Å²) in [6, 6.07) is 10.6. The molecule has 20 heavy (non-hydrogen) atoms. The first kappa shape index (κ1) is 14.5. The van der Waals surface area contributed by atoms with E-state index in [9.17, 15) is 8.42 Å². The Kier molecular flexibility index (Phi) is 3.78. The quantitative estimate of drug-likeness (QED) is 0.599. The van der Waals surface area contributed by atoms with E-state index in [0.717, 1.165) is 16.7 Å². The number of nitrogens with two attached hydrogens (primary N) is 2. The van der Waals surface area contributed by atoms with Crippen LogP contribution in [0.1, 0.15) is 5.56 Å². The topological polar surface area (TPSA) is 98.2 Å². The maximum Gasteiger partial charge on any atom is 0.319 e. The number of aryl methyl sites for hydroxylation is 1. The normalized spacial score (nSPS) is 11.3. The van der Waals surface area contributed by atoms with Gasteiger partial charge >= 0.3 is 9.24 Å². The summed E-state index contributed by atoms with van der Waals surface area (Å²) in [7, 11) is 1.29. The van der Waals surface area contributed by atoms with Crippen LogP contribution in [0.5, 0.6) is 0 Å². The summed E-state index contributed by atoms with van der Waals surface area (Å²) in [6.45, 7) is 1.89. The second-order valence-corrected chi connectivity index (χ2v) is 6.71. The second-order valence-electron chi connectivity index (χ2n) is 4.42. The number of nitrogens with one attached hydrogen (secondary N) is 1. The van der Waals surface area contributed by atoms with Crippen molar-refractivity contribution in [2.75, 3.05) is 16.2 Å². The van der Waals surface area contributed by atoms with Crippen LogP contribution in [0.2, 0.25) is 0 Å². The molecular formula is C13H14ClN3O2S. The van der Waals surface area contributed by atoms with E-state index in [1.165, 1.54) is 0 Å². The van der Waals surface area contributed by atoms with Crippen molar-refractivity contribution in [2.45, 2.75) is 6.92 Å². The van der Waals surface area contributed by atoms with Crippen LogP contribution in [-0.2, 0) is 9.24 Å². The monoisotopic (exact) mass is 311 g/mol. The van der Waals surface area contributed by atoms with Crippen LogP contribution in [0.15, 0.2) is 36.4 Å². The number of benzene rings is 2. The van der Waals surface area contributed by atoms with Crippen molar-refractivity contribution in [1.82, 2.24) is 0 Å². The summed E-state index contributed by atoms with van der Waals surface area (Å²) >= 11 is 0. The van der Waals surface area contributed by atoms with Crippen LogP contribution in [0.3, 0.4) is 0 Å². The molecule has 7 heteroatoms. The van der Waals surface area contributed by atoms with E-state index in [2.05, 4.69) is 4.72 Å². The van der Waals surface area contributed by atoms with E-state index in [1.807, 2.05) is 19.1 Å². The number of halogens is 1. The fourth-order valence-corrected chi connectivity index (χ4v) is 2.61. The van der Waals surface area contributed by atoms with Gasteiger partial charge in [-0.25, -0.2) is 0 Å². The lowest BCUT2D eigenvalue weighted by atomic mass is 9.99. The molecule has 0 aliphatic rings. The Bertz CT molecular complexity index is 743. The lowest BCUT2D eigenvalue weighted by Gasteiger charge is -2.12. The number of anilines is 3. The van der Waals surface area contributed by atoms with Gasteiger partial charge in [-0.3, -0.25) is 4.72 Å². The molecule has 0 radical (unpaired) electrons. The van der Waals surface area contributed by atoms with Gasteiger partial charge in [0.1, 0.15) is 0 Å². The van der Waals surface area contributed by atoms with Crippen LogP contribution in [-0.4, -0.2) is 8.42 Å². The molecule has 2 aromatic carbocycles. The van der Waals surface area contributed by atoms with E-state index >= 15 is 0 Å². The standard InChI is InChI=1S/C13H14ClN3O2S/c1-8-6-12(16)13(17-20(14,18)19)7-11(8)9-2-4-10(15)5-3-9/h2-7,17H,15-16H2,1H3. The highest BCUT2D eigenvalue weighted by molar-refractivity contribution is 8.14. The lowest BCUT2D eigenvalue weighted by Crippen LogP contribution is -2.07. The summed E-state index contributed by atoms with van der Waals surface area (Å²) in [5.74, 6) is 0. The highest BCUT2D eigenvalue weighted by atomic mass is 35.7. The molecule has 0 aromatic heterocycles. The maximum atomic E-state index is 11.1. The van der Waals surface area contributed by atoms with E-state index in [-0.39, 0.29) is 5.69 Å². The highest BCUT2D eigenvalue weighted by Crippen LogP contribution is 2.32. The van der Waals surface area contributed by atoms with Crippen molar-refractivity contribution in [1.29, 1.82) is 0 Å². The van der Waals surface area contributed by atoms with Gasteiger partial charge in [-0.2, -0.15) is 8.42 Å². The van der Waals surface area contributed by atoms with Gasteiger partial charge in [0.2, 0.25) is 0 Å². The van der Waals surface area contributed by atoms with Crippen LogP contribution >= 0.6 is 10.7 Å². The smallest absolute Gasteiger partial charge is 0.319 e. The summed E-state index contributed by atoms with van der Waals surface area (Å²) in [5.41, 5.74) is 15.3. The molecular weight excluding hydrogens is 298 g/mol. The van der Waals surface area contributed by atoms with Gasteiger partial charge < -0.3 is 11.5 Å². The Hall–Kier alpha value is -1.92. The second kappa shape index (κ2) is 5.22. The van der Waals surface area contributed by atoms with Crippen molar-refractivity contribution in [3.63, 3.8) is 0 Å². The molecule has 0 amide bonds. The van der Waals surface area contributed by atoms with Gasteiger partial charge in [-0.05, 0) is 47.9 Å². The molecule has 0 aliphatic carbocycles. The van der Waals surface area contributed by atoms with E-state index < -0.39 is 9.24 Å². The molecule has 2 aromatic rings. The summed E-state index contributed by atoms with van der Waals surface area (Å²) in [6.07, 6.45) is 0. The first-order chi connectivity index (χ1) is 9.26. The van der Waals surface area contributed by atoms with E-state index in [1.54, 1.807) is 24.3 Å². The maximum absolute atomic E-state index is 11.1. The van der Waals surface area contributed by atoms with Gasteiger partial charge in [-0.15, -0.1) is 0 Å². The zero-order valence-corrected chi connectivity index (χ0v) is 12.3. The van der Waals surface area contributed by atoms with Crippen LogP contribution in [0, 0.1) is 6.92 Å². The predicted octanol–water partition coefficient (Wildman–Crippen LogP) is 2.72. The third-order valence-corrected chi connectivity index (χ3v) is 3.55. The number of rotatable bonds is 3. The van der Waals surface area contributed by atoms with Crippen molar-refractivity contribution in [3.8, 4) is 11.1 Å². The Labute approximate surface area is 122 Å². The number of hydrogen-bond donors (Lipinski definition) is 3. The van der Waals surface area contributed by atoms with Crippen LogP contribution < -0.4 is 16.2 Å². The van der Waals surface area contributed by atoms with Gasteiger partial charge in [0.25, 0.3) is 0 Å².